The average Bonchev–Trinajstić information content (AvgIpc) is 2.30. The fourth-order valence-corrected chi connectivity index (χ4v) is 2.49. The zero-order chi connectivity index (χ0) is 13.6. The van der Waals surface area contributed by atoms with Crippen molar-refractivity contribution in [1.82, 2.24) is 10.3 Å². The summed E-state index contributed by atoms with van der Waals surface area (Å²) < 4.78 is 0. The van der Waals surface area contributed by atoms with Crippen LogP contribution in [0, 0.1) is 5.41 Å². The normalized spacial score (nSPS) is 14.8. The molecule has 0 saturated carbocycles. The molecule has 0 amide bonds. The molecule has 0 fully saturated rings. The second-order valence-corrected chi connectivity index (χ2v) is 6.15. The number of hydrogen-bond acceptors (Lipinski definition) is 2. The van der Waals surface area contributed by atoms with Gasteiger partial charge in [0.25, 0.3) is 0 Å². The molecule has 0 radical (unpaired) electrons. The van der Waals surface area contributed by atoms with E-state index in [9.17, 15) is 0 Å². The van der Waals surface area contributed by atoms with Gasteiger partial charge in [0.2, 0.25) is 0 Å². The van der Waals surface area contributed by atoms with Crippen LogP contribution >= 0.6 is 11.6 Å². The van der Waals surface area contributed by atoms with Crippen LogP contribution in [0.3, 0.4) is 0 Å². The van der Waals surface area contributed by atoms with Gasteiger partial charge in [0.15, 0.2) is 0 Å². The smallest absolute Gasteiger partial charge is 0.0621 e. The Hall–Kier alpha value is -0.600. The first kappa shape index (κ1) is 15.5. The molecule has 1 aromatic heterocycles. The monoisotopic (exact) mass is 268 g/mol. The predicted molar refractivity (Wildman–Crippen MR) is 79.1 cm³/mol. The van der Waals surface area contributed by atoms with E-state index in [2.05, 4.69) is 38.0 Å². The van der Waals surface area contributed by atoms with E-state index in [4.69, 9.17) is 11.6 Å². The molecule has 102 valence electrons. The topological polar surface area (TPSA) is 24.9 Å². The highest BCUT2D eigenvalue weighted by Crippen LogP contribution is 2.30. The fraction of sp³-hybridized carbons (Fsp3) is 0.667. The molecule has 1 heterocycles. The van der Waals surface area contributed by atoms with Gasteiger partial charge in [-0.25, -0.2) is 0 Å². The van der Waals surface area contributed by atoms with Gasteiger partial charge in [0, 0.05) is 25.0 Å². The van der Waals surface area contributed by atoms with Crippen molar-refractivity contribution < 1.29 is 0 Å². The van der Waals surface area contributed by atoms with Gasteiger partial charge in [-0.1, -0.05) is 45.7 Å². The Bertz CT molecular complexity index is 365. The van der Waals surface area contributed by atoms with E-state index in [1.54, 1.807) is 6.20 Å². The largest absolute Gasteiger partial charge is 0.314 e. The molecular formula is C15H25ClN2. The Labute approximate surface area is 116 Å². The summed E-state index contributed by atoms with van der Waals surface area (Å²) >= 11 is 6.21. The van der Waals surface area contributed by atoms with Crippen molar-refractivity contribution >= 4 is 11.6 Å². The van der Waals surface area contributed by atoms with Crippen molar-refractivity contribution in [1.29, 1.82) is 0 Å². The van der Waals surface area contributed by atoms with E-state index in [0.717, 1.165) is 18.0 Å². The van der Waals surface area contributed by atoms with Gasteiger partial charge < -0.3 is 5.32 Å². The van der Waals surface area contributed by atoms with Crippen molar-refractivity contribution in [2.45, 2.75) is 53.0 Å². The van der Waals surface area contributed by atoms with Crippen molar-refractivity contribution in [2.24, 2.45) is 5.41 Å². The number of rotatable bonds is 7. The molecule has 1 rings (SSSR count). The maximum absolute atomic E-state index is 6.21. The van der Waals surface area contributed by atoms with Gasteiger partial charge in [0.05, 0.1) is 5.02 Å². The number of halogens is 1. The summed E-state index contributed by atoms with van der Waals surface area (Å²) in [6.45, 7) is 9.97. The van der Waals surface area contributed by atoms with Crippen LogP contribution in [-0.2, 0) is 6.42 Å². The van der Waals surface area contributed by atoms with Gasteiger partial charge in [-0.15, -0.1) is 0 Å². The maximum Gasteiger partial charge on any atom is 0.0621 e. The van der Waals surface area contributed by atoms with Crippen molar-refractivity contribution in [2.75, 3.05) is 6.54 Å². The molecule has 0 aliphatic carbocycles. The summed E-state index contributed by atoms with van der Waals surface area (Å²) in [6.07, 6.45) is 6.95. The highest BCUT2D eigenvalue weighted by atomic mass is 35.5. The van der Waals surface area contributed by atoms with Crippen LogP contribution in [0.4, 0.5) is 0 Å². The highest BCUT2D eigenvalue weighted by molar-refractivity contribution is 6.31. The van der Waals surface area contributed by atoms with Crippen molar-refractivity contribution in [3.8, 4) is 0 Å². The van der Waals surface area contributed by atoms with Gasteiger partial charge in [0.1, 0.15) is 0 Å². The van der Waals surface area contributed by atoms with Gasteiger partial charge in [-0.05, 0) is 29.9 Å². The van der Waals surface area contributed by atoms with E-state index in [1.165, 1.54) is 18.4 Å². The number of pyridine rings is 1. The molecule has 18 heavy (non-hydrogen) atoms. The summed E-state index contributed by atoms with van der Waals surface area (Å²) in [4.78, 5) is 4.05. The third-order valence-corrected chi connectivity index (χ3v) is 3.60. The fourth-order valence-electron chi connectivity index (χ4n) is 2.30. The Morgan fingerprint density at radius 2 is 2.17 bits per heavy atom. The minimum Gasteiger partial charge on any atom is -0.314 e. The number of nitrogens with one attached hydrogen (secondary N) is 1. The first-order valence-electron chi connectivity index (χ1n) is 6.78. The third kappa shape index (κ3) is 4.95. The molecule has 1 unspecified atom stereocenters. The van der Waals surface area contributed by atoms with E-state index >= 15 is 0 Å². The van der Waals surface area contributed by atoms with Crippen LogP contribution in [0.2, 0.25) is 5.02 Å². The Balaban J connectivity index is 2.75. The average molecular weight is 269 g/mol. The standard InChI is InChI=1S/C15H25ClN2/c1-5-7-15(4,11-18-12(2)3)9-13-6-8-17-10-14(13)16/h6,8,10,12,18H,5,7,9,11H2,1-4H3. The van der Waals surface area contributed by atoms with Gasteiger partial charge in [-0.2, -0.15) is 0 Å². The molecule has 1 N–H and O–H groups in total. The molecule has 0 spiro atoms. The van der Waals surface area contributed by atoms with Crippen LogP contribution in [0.25, 0.3) is 0 Å². The molecule has 3 heteroatoms. The summed E-state index contributed by atoms with van der Waals surface area (Å²) in [5.74, 6) is 0. The molecule has 0 aliphatic rings. The van der Waals surface area contributed by atoms with E-state index in [1.807, 2.05) is 12.3 Å². The maximum atomic E-state index is 6.21. The Kier molecular flexibility index (Phi) is 6.10. The number of aromatic nitrogens is 1. The quantitative estimate of drug-likeness (QED) is 0.806. The number of hydrogen-bond donors (Lipinski definition) is 1. The molecule has 0 aromatic carbocycles. The first-order chi connectivity index (χ1) is 8.47. The summed E-state index contributed by atoms with van der Waals surface area (Å²) in [6, 6.07) is 2.56. The van der Waals surface area contributed by atoms with Crippen LogP contribution in [0.5, 0.6) is 0 Å². The molecule has 0 saturated heterocycles. The molecule has 1 aromatic rings. The Morgan fingerprint density at radius 3 is 2.72 bits per heavy atom. The second-order valence-electron chi connectivity index (χ2n) is 5.74. The minimum atomic E-state index is 0.254. The van der Waals surface area contributed by atoms with Crippen LogP contribution in [-0.4, -0.2) is 17.6 Å². The predicted octanol–water partition coefficient (Wildman–Crippen LogP) is 4.08. The van der Waals surface area contributed by atoms with Crippen LogP contribution < -0.4 is 5.32 Å². The zero-order valence-electron chi connectivity index (χ0n) is 12.0. The van der Waals surface area contributed by atoms with E-state index in [-0.39, 0.29) is 5.41 Å². The van der Waals surface area contributed by atoms with Crippen molar-refractivity contribution in [3.05, 3.63) is 29.0 Å². The molecule has 1 atom stereocenters. The minimum absolute atomic E-state index is 0.254. The lowest BCUT2D eigenvalue weighted by Gasteiger charge is -2.31. The zero-order valence-corrected chi connectivity index (χ0v) is 12.7. The second kappa shape index (κ2) is 7.10. The summed E-state index contributed by atoms with van der Waals surface area (Å²) in [5.41, 5.74) is 1.46. The summed E-state index contributed by atoms with van der Waals surface area (Å²) in [7, 11) is 0. The lowest BCUT2D eigenvalue weighted by molar-refractivity contribution is 0.267. The van der Waals surface area contributed by atoms with E-state index < -0.39 is 0 Å². The SMILES string of the molecule is CCCC(C)(CNC(C)C)Cc1ccncc1Cl. The summed E-state index contributed by atoms with van der Waals surface area (Å²) in [5, 5.41) is 4.33. The lowest BCUT2D eigenvalue weighted by atomic mass is 9.79. The Morgan fingerprint density at radius 1 is 1.44 bits per heavy atom. The highest BCUT2D eigenvalue weighted by Gasteiger charge is 2.24. The number of nitrogens with zero attached hydrogens (tertiary/aromatic N) is 1. The van der Waals surface area contributed by atoms with Crippen LogP contribution in [0.15, 0.2) is 18.5 Å². The lowest BCUT2D eigenvalue weighted by Crippen LogP contribution is -2.37. The molecule has 0 aliphatic heterocycles. The van der Waals surface area contributed by atoms with E-state index in [0.29, 0.717) is 6.04 Å². The first-order valence-corrected chi connectivity index (χ1v) is 7.16. The van der Waals surface area contributed by atoms with Crippen LogP contribution in [0.1, 0.15) is 46.1 Å². The molecular weight excluding hydrogens is 244 g/mol. The van der Waals surface area contributed by atoms with Gasteiger partial charge >= 0.3 is 0 Å². The van der Waals surface area contributed by atoms with Crippen molar-refractivity contribution in [3.63, 3.8) is 0 Å². The van der Waals surface area contributed by atoms with Gasteiger partial charge in [-0.3, -0.25) is 4.98 Å². The third-order valence-electron chi connectivity index (χ3n) is 3.26. The molecule has 2 nitrogen and oxygen atoms in total. The molecule has 0 bridgehead atoms.